The number of hydrogen-bond donors (Lipinski definition) is 0. The van der Waals surface area contributed by atoms with Crippen LogP contribution in [0.4, 0.5) is 5.69 Å². The highest BCUT2D eigenvalue weighted by Gasteiger charge is 2.24. The minimum atomic E-state index is -0.0723. The summed E-state index contributed by atoms with van der Waals surface area (Å²) in [6.45, 7) is 2.10. The van der Waals surface area contributed by atoms with Crippen molar-refractivity contribution in [3.63, 3.8) is 0 Å². The smallest absolute Gasteiger partial charge is 0.101 e. The molecule has 3 nitrogen and oxygen atoms in total. The number of anilines is 1. The van der Waals surface area contributed by atoms with Crippen LogP contribution in [-0.2, 0) is 4.74 Å². The molecule has 112 valence electrons. The van der Waals surface area contributed by atoms with E-state index in [0.29, 0.717) is 28.8 Å². The first-order valence-electron chi connectivity index (χ1n) is 6.99. The molecule has 1 heterocycles. The van der Waals surface area contributed by atoms with Crippen molar-refractivity contribution in [1.29, 1.82) is 5.26 Å². The Morgan fingerprint density at radius 2 is 1.95 bits per heavy atom. The number of ether oxygens (including phenoxy) is 1. The highest BCUT2D eigenvalue weighted by Crippen LogP contribution is 2.31. The number of nitriles is 1. The molecule has 2 aromatic carbocycles. The highest BCUT2D eigenvalue weighted by molar-refractivity contribution is 6.32. The normalized spacial score (nSPS) is 18.0. The Morgan fingerprint density at radius 3 is 2.68 bits per heavy atom. The van der Waals surface area contributed by atoms with Crippen LogP contribution in [0.2, 0.25) is 10.0 Å². The van der Waals surface area contributed by atoms with E-state index in [1.807, 2.05) is 36.4 Å². The maximum absolute atomic E-state index is 8.96. The van der Waals surface area contributed by atoms with Crippen LogP contribution in [0.3, 0.4) is 0 Å². The molecular formula is C17H14Cl2N2O. The van der Waals surface area contributed by atoms with Crippen molar-refractivity contribution < 1.29 is 4.74 Å². The third kappa shape index (κ3) is 3.05. The van der Waals surface area contributed by atoms with E-state index in [0.717, 1.165) is 17.8 Å². The molecule has 5 heteroatoms. The molecule has 0 spiro atoms. The molecule has 0 amide bonds. The van der Waals surface area contributed by atoms with Crippen LogP contribution in [0.5, 0.6) is 0 Å². The van der Waals surface area contributed by atoms with E-state index in [1.165, 1.54) is 0 Å². The van der Waals surface area contributed by atoms with E-state index in [2.05, 4.69) is 11.0 Å². The number of halogens is 2. The van der Waals surface area contributed by atoms with Crippen molar-refractivity contribution in [2.24, 2.45) is 0 Å². The van der Waals surface area contributed by atoms with Gasteiger partial charge in [0.1, 0.15) is 12.2 Å². The lowest BCUT2D eigenvalue weighted by Crippen LogP contribution is -2.38. The summed E-state index contributed by atoms with van der Waals surface area (Å²) in [7, 11) is 0. The standard InChI is InChI=1S/C17H14Cl2N2O/c18-15-4-2-1-3-14(15)17-11-21(7-8-22-17)13-6-5-12(10-20)16(19)9-13/h1-6,9,17H,7-8,11H2. The molecule has 1 atom stereocenters. The van der Waals surface area contributed by atoms with E-state index in [1.54, 1.807) is 6.07 Å². The van der Waals surface area contributed by atoms with Crippen LogP contribution >= 0.6 is 23.2 Å². The second-order valence-corrected chi connectivity index (χ2v) is 5.92. The summed E-state index contributed by atoms with van der Waals surface area (Å²) in [4.78, 5) is 2.20. The van der Waals surface area contributed by atoms with Gasteiger partial charge in [-0.05, 0) is 24.3 Å². The fourth-order valence-electron chi connectivity index (χ4n) is 2.60. The predicted octanol–water partition coefficient (Wildman–Crippen LogP) is 4.44. The quantitative estimate of drug-likeness (QED) is 0.815. The van der Waals surface area contributed by atoms with Gasteiger partial charge in [-0.3, -0.25) is 0 Å². The van der Waals surface area contributed by atoms with Crippen LogP contribution in [0.25, 0.3) is 0 Å². The lowest BCUT2D eigenvalue weighted by Gasteiger charge is -2.35. The Morgan fingerprint density at radius 1 is 1.14 bits per heavy atom. The minimum absolute atomic E-state index is 0.0723. The Balaban J connectivity index is 1.83. The van der Waals surface area contributed by atoms with Gasteiger partial charge in [0.15, 0.2) is 0 Å². The summed E-state index contributed by atoms with van der Waals surface area (Å²) in [5.41, 5.74) is 2.47. The predicted molar refractivity (Wildman–Crippen MR) is 88.5 cm³/mol. The topological polar surface area (TPSA) is 36.3 Å². The van der Waals surface area contributed by atoms with E-state index < -0.39 is 0 Å². The minimum Gasteiger partial charge on any atom is -0.370 e. The van der Waals surface area contributed by atoms with Crippen molar-refractivity contribution in [1.82, 2.24) is 0 Å². The van der Waals surface area contributed by atoms with Crippen molar-refractivity contribution in [2.75, 3.05) is 24.6 Å². The Kier molecular flexibility index (Phi) is 4.54. The van der Waals surface area contributed by atoms with Gasteiger partial charge in [0, 0.05) is 29.4 Å². The summed E-state index contributed by atoms with van der Waals surface area (Å²) in [5.74, 6) is 0. The fourth-order valence-corrected chi connectivity index (χ4v) is 3.07. The highest BCUT2D eigenvalue weighted by atomic mass is 35.5. The maximum Gasteiger partial charge on any atom is 0.101 e. The number of nitrogens with zero attached hydrogens (tertiary/aromatic N) is 2. The van der Waals surface area contributed by atoms with Crippen LogP contribution < -0.4 is 4.90 Å². The number of benzene rings is 2. The van der Waals surface area contributed by atoms with E-state index >= 15 is 0 Å². The number of morpholine rings is 1. The Hall–Kier alpha value is -1.73. The number of hydrogen-bond acceptors (Lipinski definition) is 3. The average Bonchev–Trinajstić information content (AvgIpc) is 2.55. The van der Waals surface area contributed by atoms with Crippen molar-refractivity contribution in [3.8, 4) is 6.07 Å². The average molecular weight is 333 g/mol. The molecule has 1 aliphatic heterocycles. The summed E-state index contributed by atoms with van der Waals surface area (Å²) >= 11 is 12.4. The van der Waals surface area contributed by atoms with Crippen LogP contribution in [0, 0.1) is 11.3 Å². The third-order valence-corrected chi connectivity index (χ3v) is 4.41. The zero-order chi connectivity index (χ0) is 15.5. The Labute approximate surface area is 139 Å². The third-order valence-electron chi connectivity index (χ3n) is 3.76. The van der Waals surface area contributed by atoms with Crippen LogP contribution in [0.1, 0.15) is 17.2 Å². The molecule has 22 heavy (non-hydrogen) atoms. The summed E-state index contributed by atoms with van der Waals surface area (Å²) < 4.78 is 5.86. The van der Waals surface area contributed by atoms with Crippen LogP contribution in [0.15, 0.2) is 42.5 Å². The molecule has 0 radical (unpaired) electrons. The fraction of sp³-hybridized carbons (Fsp3) is 0.235. The Bertz CT molecular complexity index is 727. The van der Waals surface area contributed by atoms with Gasteiger partial charge in [-0.1, -0.05) is 41.4 Å². The zero-order valence-corrected chi connectivity index (χ0v) is 13.3. The largest absolute Gasteiger partial charge is 0.370 e. The maximum atomic E-state index is 8.96. The van der Waals surface area contributed by atoms with Crippen molar-refractivity contribution in [3.05, 3.63) is 63.6 Å². The molecule has 1 saturated heterocycles. The lowest BCUT2D eigenvalue weighted by molar-refractivity contribution is 0.0399. The molecule has 3 rings (SSSR count). The molecule has 2 aromatic rings. The molecule has 1 fully saturated rings. The molecule has 0 saturated carbocycles. The van der Waals surface area contributed by atoms with E-state index in [4.69, 9.17) is 33.2 Å². The van der Waals surface area contributed by atoms with E-state index in [-0.39, 0.29) is 6.10 Å². The van der Waals surface area contributed by atoms with Gasteiger partial charge in [-0.2, -0.15) is 5.26 Å². The van der Waals surface area contributed by atoms with Crippen molar-refractivity contribution >= 4 is 28.9 Å². The first-order chi connectivity index (χ1) is 10.7. The zero-order valence-electron chi connectivity index (χ0n) is 11.8. The van der Waals surface area contributed by atoms with Gasteiger partial charge in [-0.25, -0.2) is 0 Å². The first-order valence-corrected chi connectivity index (χ1v) is 7.75. The van der Waals surface area contributed by atoms with Crippen LogP contribution in [-0.4, -0.2) is 19.7 Å². The van der Waals surface area contributed by atoms with Gasteiger partial charge < -0.3 is 9.64 Å². The SMILES string of the molecule is N#Cc1ccc(N2CCOC(c3ccccc3Cl)C2)cc1Cl. The lowest BCUT2D eigenvalue weighted by atomic mass is 10.1. The first kappa shape index (κ1) is 15.2. The monoisotopic (exact) mass is 332 g/mol. The summed E-state index contributed by atoms with van der Waals surface area (Å²) in [5, 5.41) is 10.1. The summed E-state index contributed by atoms with van der Waals surface area (Å²) in [6, 6.07) is 15.3. The number of rotatable bonds is 2. The molecule has 0 aromatic heterocycles. The molecule has 0 N–H and O–H groups in total. The van der Waals surface area contributed by atoms with Gasteiger partial charge >= 0.3 is 0 Å². The molecule has 0 aliphatic carbocycles. The summed E-state index contributed by atoms with van der Waals surface area (Å²) in [6.07, 6.45) is -0.0723. The van der Waals surface area contributed by atoms with Gasteiger partial charge in [0.05, 0.1) is 17.2 Å². The van der Waals surface area contributed by atoms with Gasteiger partial charge in [-0.15, -0.1) is 0 Å². The molecule has 1 unspecified atom stereocenters. The van der Waals surface area contributed by atoms with Gasteiger partial charge in [0.2, 0.25) is 0 Å². The second kappa shape index (κ2) is 6.58. The van der Waals surface area contributed by atoms with E-state index in [9.17, 15) is 0 Å². The molecular weight excluding hydrogens is 319 g/mol. The molecule has 1 aliphatic rings. The van der Waals surface area contributed by atoms with Crippen molar-refractivity contribution in [2.45, 2.75) is 6.10 Å². The van der Waals surface area contributed by atoms with Gasteiger partial charge in [0.25, 0.3) is 0 Å². The second-order valence-electron chi connectivity index (χ2n) is 5.10. The molecule has 0 bridgehead atoms.